The smallest absolute Gasteiger partial charge is 0.246 e. The van der Waals surface area contributed by atoms with Gasteiger partial charge in [0.15, 0.2) is 5.75 Å². The molecule has 0 aliphatic carbocycles. The summed E-state index contributed by atoms with van der Waals surface area (Å²) in [6.07, 6.45) is 5.85. The lowest BCUT2D eigenvalue weighted by Gasteiger charge is -2.17. The van der Waals surface area contributed by atoms with E-state index in [4.69, 9.17) is 9.47 Å². The van der Waals surface area contributed by atoms with Gasteiger partial charge in [-0.05, 0) is 81.3 Å². The molecule has 166 valence electrons. The van der Waals surface area contributed by atoms with Crippen molar-refractivity contribution in [3.8, 4) is 17.2 Å². The summed E-state index contributed by atoms with van der Waals surface area (Å²) in [5.41, 5.74) is 1.84. The van der Waals surface area contributed by atoms with Gasteiger partial charge >= 0.3 is 0 Å². The van der Waals surface area contributed by atoms with Crippen LogP contribution in [-0.4, -0.2) is 50.1 Å². The van der Waals surface area contributed by atoms with Crippen LogP contribution in [0.2, 0.25) is 0 Å². The molecule has 2 N–H and O–H groups in total. The number of carbonyl (C=O) groups excluding carboxylic acids is 1. The molecule has 31 heavy (non-hydrogen) atoms. The van der Waals surface area contributed by atoms with Gasteiger partial charge in [0.05, 0.1) is 12.8 Å². The van der Waals surface area contributed by atoms with E-state index in [9.17, 15) is 4.79 Å². The predicted octanol–water partition coefficient (Wildman–Crippen LogP) is 4.53. The Bertz CT molecular complexity index is 870. The third kappa shape index (κ3) is 6.49. The summed E-state index contributed by atoms with van der Waals surface area (Å²) in [6, 6.07) is 13.9. The number of benzene rings is 2. The minimum atomic E-state index is 0.0112. The van der Waals surface area contributed by atoms with Crippen molar-refractivity contribution < 1.29 is 14.3 Å². The molecule has 1 heterocycles. The van der Waals surface area contributed by atoms with Crippen molar-refractivity contribution >= 4 is 17.7 Å². The Labute approximate surface area is 185 Å². The minimum Gasteiger partial charge on any atom is -0.497 e. The maximum absolute atomic E-state index is 12.3. The van der Waals surface area contributed by atoms with Crippen LogP contribution in [0.1, 0.15) is 32.3 Å². The number of likely N-dealkylation sites (N-methyl/N-ethyl adjacent to an activating group) is 1. The topological polar surface area (TPSA) is 62.8 Å². The average molecular weight is 424 g/mol. The minimum absolute atomic E-state index is 0.0112. The van der Waals surface area contributed by atoms with Gasteiger partial charge in [-0.1, -0.05) is 6.07 Å². The Morgan fingerprint density at radius 2 is 1.90 bits per heavy atom. The number of nitrogens with zero attached hydrogens (tertiary/aromatic N) is 1. The number of ether oxygens (including phenoxy) is 2. The molecule has 0 unspecified atom stereocenters. The van der Waals surface area contributed by atoms with Crippen molar-refractivity contribution in [3.05, 3.63) is 54.1 Å². The predicted molar refractivity (Wildman–Crippen MR) is 126 cm³/mol. The number of hydrogen-bond donors (Lipinski definition) is 2. The van der Waals surface area contributed by atoms with Crippen molar-refractivity contribution in [2.45, 2.75) is 32.7 Å². The van der Waals surface area contributed by atoms with Gasteiger partial charge < -0.3 is 25.0 Å². The largest absolute Gasteiger partial charge is 0.497 e. The lowest BCUT2D eigenvalue weighted by atomic mass is 10.1. The molecule has 3 rings (SSSR count). The summed E-state index contributed by atoms with van der Waals surface area (Å²) in [5.74, 6) is 2.24. The molecule has 1 amide bonds. The molecule has 0 radical (unpaired) electrons. The number of methoxy groups -OCH3 is 1. The van der Waals surface area contributed by atoms with Crippen molar-refractivity contribution in [3.63, 3.8) is 0 Å². The van der Waals surface area contributed by atoms with Crippen molar-refractivity contribution in [1.82, 2.24) is 10.2 Å². The fourth-order valence-electron chi connectivity index (χ4n) is 3.62. The van der Waals surface area contributed by atoms with Crippen molar-refractivity contribution in [2.75, 3.05) is 38.6 Å². The van der Waals surface area contributed by atoms with Crippen LogP contribution in [0.15, 0.2) is 48.5 Å². The van der Waals surface area contributed by atoms with E-state index in [1.54, 1.807) is 18.1 Å². The number of carbonyl (C=O) groups is 1. The van der Waals surface area contributed by atoms with Gasteiger partial charge in [-0.15, -0.1) is 0 Å². The third-order valence-corrected chi connectivity index (χ3v) is 5.49. The quantitative estimate of drug-likeness (QED) is 0.550. The first-order valence-electron chi connectivity index (χ1n) is 11.0. The molecule has 6 heteroatoms. The lowest BCUT2D eigenvalue weighted by Crippen LogP contribution is -2.29. The summed E-state index contributed by atoms with van der Waals surface area (Å²) >= 11 is 0. The van der Waals surface area contributed by atoms with E-state index < -0.39 is 0 Å². The number of anilines is 1. The van der Waals surface area contributed by atoms with Crippen LogP contribution in [0.4, 0.5) is 5.69 Å². The first kappa shape index (κ1) is 22.7. The van der Waals surface area contributed by atoms with Crippen LogP contribution in [0.3, 0.4) is 0 Å². The van der Waals surface area contributed by atoms with Crippen LogP contribution in [0.25, 0.3) is 6.08 Å². The van der Waals surface area contributed by atoms with Gasteiger partial charge in [-0.2, -0.15) is 0 Å². The van der Waals surface area contributed by atoms with E-state index in [1.165, 1.54) is 12.8 Å². The van der Waals surface area contributed by atoms with Crippen molar-refractivity contribution in [1.29, 1.82) is 0 Å². The van der Waals surface area contributed by atoms with E-state index in [1.807, 2.05) is 62.4 Å². The Hall–Kier alpha value is -2.99. The maximum Gasteiger partial charge on any atom is 0.246 e. The Balaban J connectivity index is 1.79. The van der Waals surface area contributed by atoms with E-state index in [-0.39, 0.29) is 5.91 Å². The Kier molecular flexibility index (Phi) is 8.35. The summed E-state index contributed by atoms with van der Waals surface area (Å²) in [4.78, 5) is 14.1. The van der Waals surface area contributed by atoms with E-state index in [2.05, 4.69) is 10.6 Å². The Morgan fingerprint density at radius 1 is 1.16 bits per heavy atom. The van der Waals surface area contributed by atoms with E-state index in [0.717, 1.165) is 41.6 Å². The fraction of sp³-hybridized carbons (Fsp3) is 0.400. The fourth-order valence-corrected chi connectivity index (χ4v) is 3.62. The molecule has 6 nitrogen and oxygen atoms in total. The Morgan fingerprint density at radius 3 is 2.55 bits per heavy atom. The first-order valence-corrected chi connectivity index (χ1v) is 11.0. The zero-order chi connectivity index (χ0) is 22.1. The van der Waals surface area contributed by atoms with Gasteiger partial charge in [0.25, 0.3) is 0 Å². The first-order chi connectivity index (χ1) is 15.1. The standard InChI is InChI=1S/C25H33N3O3/c1-4-28(5-2)25(29)15-9-19-8-14-23(27-18-20-7-6-16-26-20)24(17-19)31-22-12-10-21(30-3)11-13-22/h8-15,17,20,26-27H,4-7,16,18H2,1-3H3/b15-9+/t20-/m0/s1. The molecule has 0 saturated carbocycles. The maximum atomic E-state index is 12.3. The zero-order valence-corrected chi connectivity index (χ0v) is 18.7. The van der Waals surface area contributed by atoms with Crippen LogP contribution < -0.4 is 20.1 Å². The summed E-state index contributed by atoms with van der Waals surface area (Å²) < 4.78 is 11.4. The highest BCUT2D eigenvalue weighted by Gasteiger charge is 2.15. The molecule has 0 bridgehead atoms. The molecule has 2 aromatic rings. The highest BCUT2D eigenvalue weighted by molar-refractivity contribution is 5.91. The lowest BCUT2D eigenvalue weighted by molar-refractivity contribution is -0.125. The van der Waals surface area contributed by atoms with Gasteiger partial charge in [-0.3, -0.25) is 4.79 Å². The summed E-state index contributed by atoms with van der Waals surface area (Å²) in [5, 5.41) is 7.02. The second-order valence-corrected chi connectivity index (χ2v) is 7.55. The van der Waals surface area contributed by atoms with Crippen LogP contribution >= 0.6 is 0 Å². The van der Waals surface area contributed by atoms with Crippen LogP contribution in [-0.2, 0) is 4.79 Å². The van der Waals surface area contributed by atoms with E-state index >= 15 is 0 Å². The average Bonchev–Trinajstić information content (AvgIpc) is 3.32. The third-order valence-electron chi connectivity index (χ3n) is 5.49. The summed E-state index contributed by atoms with van der Waals surface area (Å²) in [6.45, 7) is 7.28. The highest BCUT2D eigenvalue weighted by atomic mass is 16.5. The number of nitrogens with one attached hydrogen (secondary N) is 2. The normalized spacial score (nSPS) is 15.8. The van der Waals surface area contributed by atoms with Crippen LogP contribution in [0.5, 0.6) is 17.2 Å². The van der Waals surface area contributed by atoms with Crippen molar-refractivity contribution in [2.24, 2.45) is 0 Å². The van der Waals surface area contributed by atoms with E-state index in [0.29, 0.717) is 19.1 Å². The van der Waals surface area contributed by atoms with Gasteiger partial charge in [0.2, 0.25) is 5.91 Å². The zero-order valence-electron chi connectivity index (χ0n) is 18.7. The molecule has 1 aliphatic rings. The molecule has 1 saturated heterocycles. The molecular formula is C25H33N3O3. The number of rotatable bonds is 10. The molecule has 1 fully saturated rings. The molecular weight excluding hydrogens is 390 g/mol. The monoisotopic (exact) mass is 423 g/mol. The highest BCUT2D eigenvalue weighted by Crippen LogP contribution is 2.32. The molecule has 1 aliphatic heterocycles. The molecule has 2 aromatic carbocycles. The summed E-state index contributed by atoms with van der Waals surface area (Å²) in [7, 11) is 1.64. The van der Waals surface area contributed by atoms with Gasteiger partial charge in [0, 0.05) is 31.8 Å². The number of hydrogen-bond acceptors (Lipinski definition) is 5. The molecule has 0 spiro atoms. The second-order valence-electron chi connectivity index (χ2n) is 7.55. The number of amides is 1. The molecule has 0 aromatic heterocycles. The molecule has 1 atom stereocenters. The van der Waals surface area contributed by atoms with Crippen LogP contribution in [0, 0.1) is 0 Å². The van der Waals surface area contributed by atoms with Gasteiger partial charge in [0.1, 0.15) is 11.5 Å². The SMILES string of the molecule is CCN(CC)C(=O)/C=C/c1ccc(NC[C@@H]2CCCN2)c(Oc2ccc(OC)cc2)c1. The second kappa shape index (κ2) is 11.4. The van der Waals surface area contributed by atoms with Gasteiger partial charge in [-0.25, -0.2) is 0 Å².